The van der Waals surface area contributed by atoms with Gasteiger partial charge in [0.15, 0.2) is 0 Å². The maximum Gasteiger partial charge on any atom is 0.417 e. The summed E-state index contributed by atoms with van der Waals surface area (Å²) >= 11 is 0. The Kier molecular flexibility index (Phi) is 4.12. The average molecular weight is 275 g/mol. The lowest BCUT2D eigenvalue weighted by atomic mass is 9.98. The molecule has 0 saturated carbocycles. The largest absolute Gasteiger partial charge is 0.443 e. The van der Waals surface area contributed by atoms with Crippen molar-refractivity contribution in [2.75, 3.05) is 6.54 Å². The van der Waals surface area contributed by atoms with Gasteiger partial charge in [0.1, 0.15) is 5.60 Å². The molecule has 1 atom stereocenters. The second-order valence-corrected chi connectivity index (χ2v) is 6.15. The summed E-state index contributed by atoms with van der Waals surface area (Å²) in [6.07, 6.45) is 0.851. The number of amides is 2. The lowest BCUT2D eigenvalue weighted by Gasteiger charge is -2.23. The van der Waals surface area contributed by atoms with Gasteiger partial charge in [-0.1, -0.05) is 30.3 Å². The first-order valence-electron chi connectivity index (χ1n) is 6.95. The fraction of sp³-hybridized carbons (Fsp3) is 0.500. The van der Waals surface area contributed by atoms with Gasteiger partial charge in [-0.15, -0.1) is 0 Å². The minimum Gasteiger partial charge on any atom is -0.443 e. The van der Waals surface area contributed by atoms with Crippen molar-refractivity contribution in [2.45, 2.75) is 39.2 Å². The molecule has 20 heavy (non-hydrogen) atoms. The van der Waals surface area contributed by atoms with Crippen LogP contribution in [-0.2, 0) is 16.0 Å². The Bertz CT molecular complexity index is 490. The fourth-order valence-electron chi connectivity index (χ4n) is 2.33. The smallest absolute Gasteiger partial charge is 0.417 e. The van der Waals surface area contributed by atoms with Crippen molar-refractivity contribution in [3.8, 4) is 0 Å². The maximum atomic E-state index is 12.3. The Hall–Kier alpha value is -1.84. The van der Waals surface area contributed by atoms with Gasteiger partial charge >= 0.3 is 6.09 Å². The standard InChI is InChI=1S/C16H21NO3/c1-16(2,3)20-15(19)17-10-9-13(14(17)18)11-12-7-5-4-6-8-12/h4-8,13H,9-11H2,1-3H3. The van der Waals surface area contributed by atoms with E-state index in [4.69, 9.17) is 4.74 Å². The summed E-state index contributed by atoms with van der Waals surface area (Å²) in [5, 5.41) is 0. The van der Waals surface area contributed by atoms with Gasteiger partial charge < -0.3 is 4.74 Å². The summed E-state index contributed by atoms with van der Waals surface area (Å²) in [6.45, 7) is 5.85. The number of ether oxygens (including phenoxy) is 1. The van der Waals surface area contributed by atoms with E-state index in [2.05, 4.69) is 0 Å². The molecule has 1 fully saturated rings. The molecule has 1 heterocycles. The van der Waals surface area contributed by atoms with E-state index in [0.29, 0.717) is 19.4 Å². The number of hydrogen-bond donors (Lipinski definition) is 0. The van der Waals surface area contributed by atoms with Crippen LogP contribution in [0, 0.1) is 5.92 Å². The van der Waals surface area contributed by atoms with Crippen molar-refractivity contribution in [1.29, 1.82) is 0 Å². The normalized spacial score (nSPS) is 19.2. The predicted molar refractivity (Wildman–Crippen MR) is 76.2 cm³/mol. The number of benzene rings is 1. The van der Waals surface area contributed by atoms with Crippen molar-refractivity contribution < 1.29 is 14.3 Å². The van der Waals surface area contributed by atoms with Crippen LogP contribution in [0.3, 0.4) is 0 Å². The van der Waals surface area contributed by atoms with Gasteiger partial charge in [0.2, 0.25) is 5.91 Å². The molecule has 0 radical (unpaired) electrons. The SMILES string of the molecule is CC(C)(C)OC(=O)N1CCC(Cc2ccccc2)C1=O. The Balaban J connectivity index is 1.97. The molecule has 2 amide bonds. The number of nitrogens with zero attached hydrogens (tertiary/aromatic N) is 1. The molecule has 4 nitrogen and oxygen atoms in total. The van der Waals surface area contributed by atoms with Crippen LogP contribution in [0.2, 0.25) is 0 Å². The van der Waals surface area contributed by atoms with Crippen molar-refractivity contribution in [1.82, 2.24) is 4.90 Å². The van der Waals surface area contributed by atoms with E-state index in [1.807, 2.05) is 30.3 Å². The van der Waals surface area contributed by atoms with Gasteiger partial charge in [-0.25, -0.2) is 9.69 Å². The van der Waals surface area contributed by atoms with E-state index in [-0.39, 0.29) is 11.8 Å². The fourth-order valence-corrected chi connectivity index (χ4v) is 2.33. The molecule has 0 N–H and O–H groups in total. The van der Waals surface area contributed by atoms with Crippen molar-refractivity contribution in [3.63, 3.8) is 0 Å². The van der Waals surface area contributed by atoms with E-state index >= 15 is 0 Å². The van der Waals surface area contributed by atoms with Crippen molar-refractivity contribution in [2.24, 2.45) is 5.92 Å². The molecule has 4 heteroatoms. The van der Waals surface area contributed by atoms with Crippen molar-refractivity contribution >= 4 is 12.0 Å². The molecule has 0 spiro atoms. The van der Waals surface area contributed by atoms with E-state index in [9.17, 15) is 9.59 Å². The van der Waals surface area contributed by atoms with E-state index in [0.717, 1.165) is 5.56 Å². The van der Waals surface area contributed by atoms with E-state index in [1.165, 1.54) is 4.90 Å². The Morgan fingerprint density at radius 2 is 1.95 bits per heavy atom. The molecule has 1 aliphatic rings. The number of rotatable bonds is 2. The molecule has 1 saturated heterocycles. The lowest BCUT2D eigenvalue weighted by Crippen LogP contribution is -2.38. The maximum absolute atomic E-state index is 12.3. The van der Waals surface area contributed by atoms with Crippen LogP contribution in [0.15, 0.2) is 30.3 Å². The van der Waals surface area contributed by atoms with Crippen LogP contribution >= 0.6 is 0 Å². The number of hydrogen-bond acceptors (Lipinski definition) is 3. The van der Waals surface area contributed by atoms with Crippen LogP contribution in [-0.4, -0.2) is 29.0 Å². The van der Waals surface area contributed by atoms with Crippen LogP contribution in [0.1, 0.15) is 32.8 Å². The minimum atomic E-state index is -0.575. The number of carbonyl (C=O) groups excluding carboxylic acids is 2. The number of imide groups is 1. The molecular weight excluding hydrogens is 254 g/mol. The van der Waals surface area contributed by atoms with E-state index < -0.39 is 11.7 Å². The molecule has 2 rings (SSSR count). The highest BCUT2D eigenvalue weighted by atomic mass is 16.6. The minimum absolute atomic E-state index is 0.120. The summed E-state index contributed by atoms with van der Waals surface area (Å²) < 4.78 is 5.26. The quantitative estimate of drug-likeness (QED) is 0.833. The third-order valence-corrected chi connectivity index (χ3v) is 3.26. The molecule has 1 aromatic carbocycles. The first-order valence-corrected chi connectivity index (χ1v) is 6.95. The zero-order valence-electron chi connectivity index (χ0n) is 12.3. The average Bonchev–Trinajstić information content (AvgIpc) is 2.70. The van der Waals surface area contributed by atoms with E-state index in [1.54, 1.807) is 20.8 Å². The van der Waals surface area contributed by atoms with Crippen LogP contribution in [0.25, 0.3) is 0 Å². The Morgan fingerprint density at radius 3 is 2.55 bits per heavy atom. The van der Waals surface area contributed by atoms with Gasteiger partial charge in [-0.05, 0) is 39.2 Å². The molecule has 0 aliphatic carbocycles. The summed E-state index contributed by atoms with van der Waals surface area (Å²) in [5.41, 5.74) is 0.548. The second kappa shape index (κ2) is 5.65. The third-order valence-electron chi connectivity index (χ3n) is 3.26. The van der Waals surface area contributed by atoms with Gasteiger partial charge in [0.05, 0.1) is 0 Å². The molecule has 1 unspecified atom stereocenters. The van der Waals surface area contributed by atoms with Crippen LogP contribution < -0.4 is 0 Å². The Morgan fingerprint density at radius 1 is 1.30 bits per heavy atom. The topological polar surface area (TPSA) is 46.6 Å². The third kappa shape index (κ3) is 3.59. The summed E-state index contributed by atoms with van der Waals surface area (Å²) in [6, 6.07) is 9.88. The van der Waals surface area contributed by atoms with Gasteiger partial charge in [-0.3, -0.25) is 4.79 Å². The van der Waals surface area contributed by atoms with Gasteiger partial charge in [0.25, 0.3) is 0 Å². The summed E-state index contributed by atoms with van der Waals surface area (Å²) in [5.74, 6) is -0.243. The highest BCUT2D eigenvalue weighted by molar-refractivity contribution is 5.95. The zero-order valence-corrected chi connectivity index (χ0v) is 12.3. The second-order valence-electron chi connectivity index (χ2n) is 6.15. The van der Waals surface area contributed by atoms with Gasteiger partial charge in [-0.2, -0.15) is 0 Å². The molecular formula is C16H21NO3. The molecule has 0 bridgehead atoms. The number of likely N-dealkylation sites (tertiary alicyclic amines) is 1. The Labute approximate surface area is 119 Å². The first kappa shape index (κ1) is 14.6. The molecule has 1 aromatic rings. The highest BCUT2D eigenvalue weighted by Crippen LogP contribution is 2.24. The highest BCUT2D eigenvalue weighted by Gasteiger charge is 2.37. The van der Waals surface area contributed by atoms with Crippen molar-refractivity contribution in [3.05, 3.63) is 35.9 Å². The lowest BCUT2D eigenvalue weighted by molar-refractivity contribution is -0.130. The monoisotopic (exact) mass is 275 g/mol. The van der Waals surface area contributed by atoms with Gasteiger partial charge in [0, 0.05) is 12.5 Å². The van der Waals surface area contributed by atoms with Crippen LogP contribution in [0.4, 0.5) is 4.79 Å². The number of carbonyl (C=O) groups is 2. The predicted octanol–water partition coefficient (Wildman–Crippen LogP) is 3.01. The first-order chi connectivity index (χ1) is 9.37. The molecule has 108 valence electrons. The van der Waals surface area contributed by atoms with Crippen LogP contribution in [0.5, 0.6) is 0 Å². The summed E-state index contributed by atoms with van der Waals surface area (Å²) in [4.78, 5) is 25.4. The molecule has 0 aromatic heterocycles. The summed E-state index contributed by atoms with van der Waals surface area (Å²) in [7, 11) is 0. The molecule has 1 aliphatic heterocycles. The zero-order chi connectivity index (χ0) is 14.8.